The van der Waals surface area contributed by atoms with E-state index in [1.165, 1.54) is 34.3 Å². The van der Waals surface area contributed by atoms with Gasteiger partial charge in [-0.1, -0.05) is 27.2 Å². The van der Waals surface area contributed by atoms with Crippen molar-refractivity contribution in [2.24, 2.45) is 5.92 Å². The zero-order valence-electron chi connectivity index (χ0n) is 11.1. The summed E-state index contributed by atoms with van der Waals surface area (Å²) in [6, 6.07) is 5.03. The Kier molecular flexibility index (Phi) is 7.40. The summed E-state index contributed by atoms with van der Waals surface area (Å²) < 4.78 is 1.24. The van der Waals surface area contributed by atoms with E-state index in [0.717, 1.165) is 12.5 Å². The van der Waals surface area contributed by atoms with Crippen LogP contribution in [0.2, 0.25) is 0 Å². The van der Waals surface area contributed by atoms with Crippen LogP contribution in [0, 0.1) is 5.92 Å². The van der Waals surface area contributed by atoms with Gasteiger partial charge in [0.1, 0.15) is 0 Å². The summed E-state index contributed by atoms with van der Waals surface area (Å²) in [7, 11) is 0. The van der Waals surface area contributed by atoms with E-state index in [2.05, 4.69) is 54.2 Å². The highest BCUT2D eigenvalue weighted by atomic mass is 79.9. The summed E-state index contributed by atoms with van der Waals surface area (Å²) in [4.78, 5) is 1.48. The van der Waals surface area contributed by atoms with E-state index in [1.807, 2.05) is 11.3 Å². The van der Waals surface area contributed by atoms with Crippen LogP contribution < -0.4 is 5.32 Å². The van der Waals surface area contributed by atoms with Gasteiger partial charge in [0.05, 0.1) is 3.79 Å². The second-order valence-corrected chi connectivity index (χ2v) is 7.36. The van der Waals surface area contributed by atoms with E-state index < -0.39 is 0 Å². The Morgan fingerprint density at radius 1 is 1.35 bits per heavy atom. The van der Waals surface area contributed by atoms with Crippen molar-refractivity contribution in [3.8, 4) is 0 Å². The van der Waals surface area contributed by atoms with Gasteiger partial charge in [-0.3, -0.25) is 0 Å². The number of rotatable bonds is 8. The SMILES string of the molecule is CCCNC(Cc1ccc(Br)s1)CC(C)CC. The molecule has 0 amide bonds. The third-order valence-corrected chi connectivity index (χ3v) is 4.79. The molecule has 3 heteroatoms. The number of thiophene rings is 1. The van der Waals surface area contributed by atoms with Gasteiger partial charge in [-0.25, -0.2) is 0 Å². The van der Waals surface area contributed by atoms with E-state index >= 15 is 0 Å². The molecule has 98 valence electrons. The van der Waals surface area contributed by atoms with Gasteiger partial charge in [-0.15, -0.1) is 11.3 Å². The van der Waals surface area contributed by atoms with E-state index in [4.69, 9.17) is 0 Å². The molecule has 0 spiro atoms. The molecule has 17 heavy (non-hydrogen) atoms. The first-order valence-corrected chi connectivity index (χ1v) is 8.24. The minimum atomic E-state index is 0.635. The smallest absolute Gasteiger partial charge is 0.0701 e. The number of nitrogens with one attached hydrogen (secondary N) is 1. The fraction of sp³-hybridized carbons (Fsp3) is 0.714. The molecule has 0 fully saturated rings. The predicted octanol–water partition coefficient (Wildman–Crippen LogP) is 4.86. The van der Waals surface area contributed by atoms with Crippen LogP contribution >= 0.6 is 27.3 Å². The third kappa shape index (κ3) is 6.03. The van der Waals surface area contributed by atoms with Crippen molar-refractivity contribution in [3.63, 3.8) is 0 Å². The van der Waals surface area contributed by atoms with Gasteiger partial charge in [-0.05, 0) is 59.8 Å². The van der Waals surface area contributed by atoms with Crippen molar-refractivity contribution < 1.29 is 0 Å². The Hall–Kier alpha value is 0.140. The molecular formula is C14H24BrNS. The Morgan fingerprint density at radius 2 is 2.12 bits per heavy atom. The predicted molar refractivity (Wildman–Crippen MR) is 81.9 cm³/mol. The molecule has 1 heterocycles. The minimum Gasteiger partial charge on any atom is -0.314 e. The van der Waals surface area contributed by atoms with Crippen molar-refractivity contribution in [2.75, 3.05) is 6.54 Å². The van der Waals surface area contributed by atoms with Crippen LogP contribution in [0.1, 0.15) is 44.9 Å². The first kappa shape index (κ1) is 15.2. The largest absolute Gasteiger partial charge is 0.314 e. The fourth-order valence-electron chi connectivity index (χ4n) is 1.94. The lowest BCUT2D eigenvalue weighted by Crippen LogP contribution is -2.33. The summed E-state index contributed by atoms with van der Waals surface area (Å²) in [6.45, 7) is 8.00. The molecule has 1 aromatic rings. The molecule has 1 N–H and O–H groups in total. The highest BCUT2D eigenvalue weighted by Gasteiger charge is 2.13. The van der Waals surface area contributed by atoms with Crippen LogP contribution in [0.25, 0.3) is 0 Å². The van der Waals surface area contributed by atoms with Gasteiger partial charge >= 0.3 is 0 Å². The van der Waals surface area contributed by atoms with Gasteiger partial charge in [0.25, 0.3) is 0 Å². The zero-order valence-corrected chi connectivity index (χ0v) is 13.5. The monoisotopic (exact) mass is 317 g/mol. The summed E-state index contributed by atoms with van der Waals surface area (Å²) in [5.74, 6) is 0.813. The van der Waals surface area contributed by atoms with E-state index in [0.29, 0.717) is 6.04 Å². The molecular weight excluding hydrogens is 294 g/mol. The molecule has 0 radical (unpaired) electrons. The standard InChI is InChI=1S/C14H24BrNS/c1-4-8-16-12(9-11(3)5-2)10-13-6-7-14(15)17-13/h6-7,11-12,16H,4-5,8-10H2,1-3H3. The molecule has 2 atom stereocenters. The van der Waals surface area contributed by atoms with Gasteiger partial charge < -0.3 is 5.32 Å². The van der Waals surface area contributed by atoms with Crippen molar-refractivity contribution in [2.45, 2.75) is 52.5 Å². The van der Waals surface area contributed by atoms with Crippen molar-refractivity contribution in [1.82, 2.24) is 5.32 Å². The first-order chi connectivity index (χ1) is 8.15. The van der Waals surface area contributed by atoms with Gasteiger partial charge in [0.15, 0.2) is 0 Å². The molecule has 0 saturated heterocycles. The molecule has 0 saturated carbocycles. The topological polar surface area (TPSA) is 12.0 Å². The molecule has 0 aliphatic carbocycles. The minimum absolute atomic E-state index is 0.635. The van der Waals surface area contributed by atoms with Crippen LogP contribution in [-0.2, 0) is 6.42 Å². The lowest BCUT2D eigenvalue weighted by Gasteiger charge is -2.21. The lowest BCUT2D eigenvalue weighted by atomic mass is 9.97. The van der Waals surface area contributed by atoms with Crippen molar-refractivity contribution in [3.05, 3.63) is 20.8 Å². The van der Waals surface area contributed by atoms with E-state index in [9.17, 15) is 0 Å². The molecule has 0 aliphatic rings. The average molecular weight is 318 g/mol. The summed E-state index contributed by atoms with van der Waals surface area (Å²) >= 11 is 5.40. The average Bonchev–Trinajstić information content (AvgIpc) is 2.71. The molecule has 0 aliphatic heterocycles. The summed E-state index contributed by atoms with van der Waals surface area (Å²) in [5, 5.41) is 3.68. The van der Waals surface area contributed by atoms with Crippen LogP contribution in [0.3, 0.4) is 0 Å². The summed E-state index contributed by atoms with van der Waals surface area (Å²) in [5.41, 5.74) is 0. The van der Waals surface area contributed by atoms with Crippen molar-refractivity contribution >= 4 is 27.3 Å². The molecule has 1 aromatic heterocycles. The fourth-order valence-corrected chi connectivity index (χ4v) is 3.51. The normalized spacial score (nSPS) is 14.8. The van der Waals surface area contributed by atoms with Gasteiger partial charge in [0, 0.05) is 10.9 Å². The maximum atomic E-state index is 3.68. The van der Waals surface area contributed by atoms with Crippen LogP contribution in [-0.4, -0.2) is 12.6 Å². The van der Waals surface area contributed by atoms with E-state index in [-0.39, 0.29) is 0 Å². The zero-order chi connectivity index (χ0) is 12.7. The highest BCUT2D eigenvalue weighted by molar-refractivity contribution is 9.11. The highest BCUT2D eigenvalue weighted by Crippen LogP contribution is 2.24. The van der Waals surface area contributed by atoms with Gasteiger partial charge in [0.2, 0.25) is 0 Å². The Labute approximate surface area is 118 Å². The Morgan fingerprint density at radius 3 is 2.65 bits per heavy atom. The number of halogens is 1. The number of hydrogen-bond acceptors (Lipinski definition) is 2. The second kappa shape index (κ2) is 8.28. The van der Waals surface area contributed by atoms with Crippen LogP contribution in [0.4, 0.5) is 0 Å². The van der Waals surface area contributed by atoms with E-state index in [1.54, 1.807) is 0 Å². The second-order valence-electron chi connectivity index (χ2n) is 4.81. The Bertz CT molecular complexity index is 311. The third-order valence-electron chi connectivity index (χ3n) is 3.14. The number of hydrogen-bond donors (Lipinski definition) is 1. The van der Waals surface area contributed by atoms with Crippen LogP contribution in [0.15, 0.2) is 15.9 Å². The maximum absolute atomic E-state index is 3.68. The quantitative estimate of drug-likeness (QED) is 0.722. The molecule has 0 aromatic carbocycles. The molecule has 1 nitrogen and oxygen atoms in total. The molecule has 1 rings (SSSR count). The Balaban J connectivity index is 2.50. The van der Waals surface area contributed by atoms with Crippen LogP contribution in [0.5, 0.6) is 0 Å². The van der Waals surface area contributed by atoms with Gasteiger partial charge in [-0.2, -0.15) is 0 Å². The maximum Gasteiger partial charge on any atom is 0.0701 e. The molecule has 2 unspecified atom stereocenters. The van der Waals surface area contributed by atoms with Crippen molar-refractivity contribution in [1.29, 1.82) is 0 Å². The molecule has 0 bridgehead atoms. The summed E-state index contributed by atoms with van der Waals surface area (Å²) in [6.07, 6.45) is 4.94. The first-order valence-electron chi connectivity index (χ1n) is 6.63. The lowest BCUT2D eigenvalue weighted by molar-refractivity contribution is 0.393.